The molecule has 0 bridgehead atoms. The Morgan fingerprint density at radius 2 is 1.52 bits per heavy atom. The molecule has 0 saturated heterocycles. The Morgan fingerprint density at radius 1 is 0.828 bits per heavy atom. The van der Waals surface area contributed by atoms with Crippen molar-refractivity contribution in [3.05, 3.63) is 100 Å². The molecule has 4 rings (SSSR count). The van der Waals surface area contributed by atoms with Crippen molar-refractivity contribution >= 4 is 17.5 Å². The van der Waals surface area contributed by atoms with E-state index in [4.69, 9.17) is 0 Å². The van der Waals surface area contributed by atoms with Gasteiger partial charge in [0.05, 0.1) is 0 Å². The number of benzene rings is 3. The first-order valence-corrected chi connectivity index (χ1v) is 9.85. The fraction of sp³-hybridized carbons (Fsp3) is 0.200. The lowest BCUT2D eigenvalue weighted by Crippen LogP contribution is -2.36. The molecule has 0 saturated carbocycles. The van der Waals surface area contributed by atoms with Crippen LogP contribution in [0.2, 0.25) is 0 Å². The fourth-order valence-corrected chi connectivity index (χ4v) is 3.90. The number of anilines is 1. The Morgan fingerprint density at radius 3 is 2.28 bits per heavy atom. The van der Waals surface area contributed by atoms with Crippen LogP contribution in [-0.4, -0.2) is 23.3 Å². The normalized spacial score (nSPS) is 13.0. The van der Waals surface area contributed by atoms with Gasteiger partial charge in [0.15, 0.2) is 0 Å². The van der Waals surface area contributed by atoms with Gasteiger partial charge < -0.3 is 10.2 Å². The van der Waals surface area contributed by atoms with E-state index in [9.17, 15) is 9.59 Å². The van der Waals surface area contributed by atoms with Gasteiger partial charge in [-0.15, -0.1) is 0 Å². The Balaban J connectivity index is 1.51. The van der Waals surface area contributed by atoms with E-state index in [1.165, 1.54) is 11.1 Å². The number of amides is 2. The molecule has 0 unspecified atom stereocenters. The topological polar surface area (TPSA) is 49.4 Å². The van der Waals surface area contributed by atoms with Crippen molar-refractivity contribution in [2.24, 2.45) is 0 Å². The van der Waals surface area contributed by atoms with Crippen molar-refractivity contribution in [3.8, 4) is 0 Å². The summed E-state index contributed by atoms with van der Waals surface area (Å²) in [7, 11) is 0. The number of hydrogen-bond donors (Lipinski definition) is 1. The molecule has 4 nitrogen and oxygen atoms in total. The average molecular weight is 384 g/mol. The average Bonchev–Trinajstić information content (AvgIpc) is 2.72. The zero-order chi connectivity index (χ0) is 20.4. The van der Waals surface area contributed by atoms with Crippen LogP contribution >= 0.6 is 0 Å². The van der Waals surface area contributed by atoms with Gasteiger partial charge in [-0.1, -0.05) is 36.4 Å². The SMILES string of the molecule is Cc1cc(C)cc(NC(=O)c2cccc(C(=O)N3CCc4ccccc4C3)c2)c1. The second kappa shape index (κ2) is 7.92. The summed E-state index contributed by atoms with van der Waals surface area (Å²) >= 11 is 0. The second-order valence-electron chi connectivity index (χ2n) is 7.66. The van der Waals surface area contributed by atoms with E-state index in [2.05, 4.69) is 23.5 Å². The zero-order valence-electron chi connectivity index (χ0n) is 16.7. The van der Waals surface area contributed by atoms with Crippen LogP contribution in [0.25, 0.3) is 0 Å². The molecule has 1 N–H and O–H groups in total. The van der Waals surface area contributed by atoms with Crippen molar-refractivity contribution < 1.29 is 9.59 Å². The van der Waals surface area contributed by atoms with E-state index in [-0.39, 0.29) is 11.8 Å². The summed E-state index contributed by atoms with van der Waals surface area (Å²) in [5.41, 5.74) is 6.46. The number of carbonyl (C=O) groups is 2. The minimum Gasteiger partial charge on any atom is -0.334 e. The minimum atomic E-state index is -0.214. The summed E-state index contributed by atoms with van der Waals surface area (Å²) in [4.78, 5) is 27.6. The summed E-state index contributed by atoms with van der Waals surface area (Å²) < 4.78 is 0. The monoisotopic (exact) mass is 384 g/mol. The number of rotatable bonds is 3. The predicted octanol–water partition coefficient (Wildman–Crippen LogP) is 4.75. The van der Waals surface area contributed by atoms with Crippen LogP contribution in [-0.2, 0) is 13.0 Å². The summed E-state index contributed by atoms with van der Waals surface area (Å²) in [6.07, 6.45) is 0.856. The van der Waals surface area contributed by atoms with Crippen LogP contribution in [0.1, 0.15) is 43.0 Å². The predicted molar refractivity (Wildman–Crippen MR) is 115 cm³/mol. The highest BCUT2D eigenvalue weighted by Gasteiger charge is 2.22. The fourth-order valence-electron chi connectivity index (χ4n) is 3.90. The molecule has 4 heteroatoms. The Bertz CT molecular complexity index is 1070. The van der Waals surface area contributed by atoms with E-state index in [0.717, 1.165) is 23.2 Å². The lowest BCUT2D eigenvalue weighted by molar-refractivity contribution is 0.0734. The van der Waals surface area contributed by atoms with Crippen LogP contribution in [0.15, 0.2) is 66.7 Å². The first-order valence-electron chi connectivity index (χ1n) is 9.85. The van der Waals surface area contributed by atoms with E-state index in [1.54, 1.807) is 24.3 Å². The highest BCUT2D eigenvalue weighted by molar-refractivity contribution is 6.06. The third kappa shape index (κ3) is 4.21. The Kier molecular flexibility index (Phi) is 5.17. The van der Waals surface area contributed by atoms with Gasteiger partial charge in [-0.05, 0) is 72.9 Å². The number of aryl methyl sites for hydroxylation is 2. The molecule has 3 aromatic carbocycles. The van der Waals surface area contributed by atoms with Crippen molar-refractivity contribution in [2.75, 3.05) is 11.9 Å². The molecule has 1 aliphatic rings. The van der Waals surface area contributed by atoms with Crippen LogP contribution < -0.4 is 5.32 Å². The first-order chi connectivity index (χ1) is 14.0. The zero-order valence-corrected chi connectivity index (χ0v) is 16.7. The second-order valence-corrected chi connectivity index (χ2v) is 7.66. The summed E-state index contributed by atoms with van der Waals surface area (Å²) in [6, 6.07) is 21.1. The molecular weight excluding hydrogens is 360 g/mol. The molecule has 3 aromatic rings. The van der Waals surface area contributed by atoms with E-state index in [1.807, 2.05) is 43.0 Å². The molecule has 1 heterocycles. The Hall–Kier alpha value is -3.40. The van der Waals surface area contributed by atoms with Gasteiger partial charge in [-0.2, -0.15) is 0 Å². The van der Waals surface area contributed by atoms with Crippen molar-refractivity contribution in [3.63, 3.8) is 0 Å². The molecule has 0 aromatic heterocycles. The summed E-state index contributed by atoms with van der Waals surface area (Å²) in [5.74, 6) is -0.255. The minimum absolute atomic E-state index is 0.0412. The molecule has 0 fully saturated rings. The summed E-state index contributed by atoms with van der Waals surface area (Å²) in [5, 5.41) is 2.93. The number of nitrogens with zero attached hydrogens (tertiary/aromatic N) is 1. The lowest BCUT2D eigenvalue weighted by Gasteiger charge is -2.29. The van der Waals surface area contributed by atoms with Gasteiger partial charge in [0.25, 0.3) is 11.8 Å². The molecule has 29 heavy (non-hydrogen) atoms. The van der Waals surface area contributed by atoms with Gasteiger partial charge in [0, 0.05) is 29.9 Å². The quantitative estimate of drug-likeness (QED) is 0.708. The molecule has 0 atom stereocenters. The van der Waals surface area contributed by atoms with Gasteiger partial charge in [0.1, 0.15) is 0 Å². The third-order valence-electron chi connectivity index (χ3n) is 5.27. The van der Waals surface area contributed by atoms with Crippen molar-refractivity contribution in [1.82, 2.24) is 4.90 Å². The summed E-state index contributed by atoms with van der Waals surface area (Å²) in [6.45, 7) is 5.29. The Labute approximate surface area is 171 Å². The van der Waals surface area contributed by atoms with Crippen LogP contribution in [0.5, 0.6) is 0 Å². The molecule has 2 amide bonds. The molecular formula is C25H24N2O2. The highest BCUT2D eigenvalue weighted by atomic mass is 16.2. The maximum Gasteiger partial charge on any atom is 0.255 e. The van der Waals surface area contributed by atoms with Crippen molar-refractivity contribution in [1.29, 1.82) is 0 Å². The van der Waals surface area contributed by atoms with Crippen LogP contribution in [0, 0.1) is 13.8 Å². The smallest absolute Gasteiger partial charge is 0.255 e. The molecule has 1 aliphatic heterocycles. The number of hydrogen-bond acceptors (Lipinski definition) is 2. The molecule has 146 valence electrons. The van der Waals surface area contributed by atoms with E-state index in [0.29, 0.717) is 24.2 Å². The van der Waals surface area contributed by atoms with E-state index >= 15 is 0 Å². The molecule has 0 radical (unpaired) electrons. The molecule has 0 aliphatic carbocycles. The first kappa shape index (κ1) is 18.9. The highest BCUT2D eigenvalue weighted by Crippen LogP contribution is 2.21. The third-order valence-corrected chi connectivity index (χ3v) is 5.27. The van der Waals surface area contributed by atoms with Gasteiger partial charge >= 0.3 is 0 Å². The largest absolute Gasteiger partial charge is 0.334 e. The van der Waals surface area contributed by atoms with Crippen LogP contribution in [0.3, 0.4) is 0 Å². The standard InChI is InChI=1S/C25H24N2O2/c1-17-12-18(2)14-23(13-17)26-24(28)20-8-5-9-21(15-20)25(29)27-11-10-19-6-3-4-7-22(19)16-27/h3-9,12-15H,10-11,16H2,1-2H3,(H,26,28). The van der Waals surface area contributed by atoms with E-state index < -0.39 is 0 Å². The van der Waals surface area contributed by atoms with Gasteiger partial charge in [0.2, 0.25) is 0 Å². The number of carbonyl (C=O) groups excluding carboxylic acids is 2. The van der Waals surface area contributed by atoms with Gasteiger partial charge in [-0.25, -0.2) is 0 Å². The van der Waals surface area contributed by atoms with Gasteiger partial charge in [-0.3, -0.25) is 9.59 Å². The van der Waals surface area contributed by atoms with Crippen molar-refractivity contribution in [2.45, 2.75) is 26.8 Å². The maximum atomic E-state index is 13.0. The van der Waals surface area contributed by atoms with Crippen LogP contribution in [0.4, 0.5) is 5.69 Å². The number of nitrogens with one attached hydrogen (secondary N) is 1. The maximum absolute atomic E-state index is 13.0. The molecule has 0 spiro atoms. The number of fused-ring (bicyclic) bond motifs is 1. The lowest BCUT2D eigenvalue weighted by atomic mass is 9.99.